The highest BCUT2D eigenvalue weighted by Crippen LogP contribution is 2.41. The van der Waals surface area contributed by atoms with Crippen molar-refractivity contribution in [2.75, 3.05) is 5.73 Å². The van der Waals surface area contributed by atoms with Crippen LogP contribution in [-0.2, 0) is 5.60 Å². The quantitative estimate of drug-likeness (QED) is 0.506. The molecule has 1 rings (SSSR count). The third kappa shape index (κ3) is 3.59. The van der Waals surface area contributed by atoms with Crippen LogP contribution in [0, 0.1) is 11.8 Å². The molecule has 20 heavy (non-hydrogen) atoms. The predicted molar refractivity (Wildman–Crippen MR) is 73.1 cm³/mol. The fourth-order valence-corrected chi connectivity index (χ4v) is 1.76. The summed E-state index contributed by atoms with van der Waals surface area (Å²) in [5, 5.41) is 10.0. The zero-order chi connectivity index (χ0) is 15.4. The number of unbranched alkanes of at least 4 members (excludes halogenated alkanes) is 2. The van der Waals surface area contributed by atoms with Gasteiger partial charge < -0.3 is 10.8 Å². The minimum Gasteiger partial charge on any atom is -0.398 e. The zero-order valence-electron chi connectivity index (χ0n) is 10.9. The fraction of sp³-hybridized carbons (Fsp3) is 0.429. The summed E-state index contributed by atoms with van der Waals surface area (Å²) in [4.78, 5) is 0. The van der Waals surface area contributed by atoms with E-state index in [4.69, 9.17) is 17.3 Å². The molecule has 0 unspecified atom stereocenters. The van der Waals surface area contributed by atoms with Gasteiger partial charge in [-0.15, -0.1) is 0 Å². The van der Waals surface area contributed by atoms with Crippen molar-refractivity contribution in [3.63, 3.8) is 0 Å². The molecule has 0 saturated heterocycles. The monoisotopic (exact) mass is 305 g/mol. The van der Waals surface area contributed by atoms with Gasteiger partial charge in [-0.05, 0) is 24.6 Å². The number of alkyl halides is 3. The molecule has 0 bridgehead atoms. The smallest absolute Gasteiger partial charge is 0.398 e. The summed E-state index contributed by atoms with van der Waals surface area (Å²) in [5.74, 6) is 4.26. The Labute approximate surface area is 120 Å². The zero-order valence-corrected chi connectivity index (χ0v) is 11.6. The fourth-order valence-electron chi connectivity index (χ4n) is 1.59. The molecule has 0 spiro atoms. The largest absolute Gasteiger partial charge is 0.433 e. The van der Waals surface area contributed by atoms with Crippen LogP contribution in [0.4, 0.5) is 18.9 Å². The molecular weight excluding hydrogens is 291 g/mol. The first-order valence-corrected chi connectivity index (χ1v) is 6.44. The number of benzene rings is 1. The average Bonchev–Trinajstić information content (AvgIpc) is 2.36. The second kappa shape index (κ2) is 6.38. The first kappa shape index (κ1) is 16.7. The highest BCUT2D eigenvalue weighted by molar-refractivity contribution is 6.30. The minimum absolute atomic E-state index is 0.0484. The molecule has 0 heterocycles. The minimum atomic E-state index is -4.97. The summed E-state index contributed by atoms with van der Waals surface area (Å²) in [7, 11) is 0. The van der Waals surface area contributed by atoms with Crippen molar-refractivity contribution in [2.45, 2.75) is 38.0 Å². The van der Waals surface area contributed by atoms with Gasteiger partial charge in [-0.1, -0.05) is 36.8 Å². The second-order valence-corrected chi connectivity index (χ2v) is 4.78. The van der Waals surface area contributed by atoms with E-state index in [0.717, 1.165) is 12.5 Å². The molecule has 1 aromatic rings. The highest BCUT2D eigenvalue weighted by Gasteiger charge is 2.55. The lowest BCUT2D eigenvalue weighted by Gasteiger charge is -2.27. The molecule has 110 valence electrons. The van der Waals surface area contributed by atoms with Gasteiger partial charge >= 0.3 is 6.18 Å². The van der Waals surface area contributed by atoms with E-state index in [-0.39, 0.29) is 17.1 Å². The Kier molecular flexibility index (Phi) is 5.32. The summed E-state index contributed by atoms with van der Waals surface area (Å²) < 4.78 is 39.5. The molecule has 1 aromatic carbocycles. The summed E-state index contributed by atoms with van der Waals surface area (Å²) >= 11 is 5.67. The number of nitrogen functional groups attached to an aromatic ring is 1. The van der Waals surface area contributed by atoms with E-state index in [1.165, 1.54) is 12.1 Å². The van der Waals surface area contributed by atoms with Crippen LogP contribution >= 0.6 is 11.6 Å². The number of hydrogen-bond donors (Lipinski definition) is 2. The molecule has 0 aromatic heterocycles. The van der Waals surface area contributed by atoms with Crippen molar-refractivity contribution in [1.29, 1.82) is 0 Å². The van der Waals surface area contributed by atoms with E-state index in [1.807, 2.05) is 12.8 Å². The van der Waals surface area contributed by atoms with Crippen molar-refractivity contribution in [3.05, 3.63) is 28.8 Å². The van der Waals surface area contributed by atoms with Crippen LogP contribution < -0.4 is 5.73 Å². The van der Waals surface area contributed by atoms with Crippen LogP contribution in [0.1, 0.15) is 31.7 Å². The van der Waals surface area contributed by atoms with Gasteiger partial charge in [0.25, 0.3) is 0 Å². The number of halogens is 4. The van der Waals surface area contributed by atoms with Crippen LogP contribution in [0.2, 0.25) is 5.02 Å². The molecule has 0 aliphatic rings. The van der Waals surface area contributed by atoms with Gasteiger partial charge in [0, 0.05) is 22.7 Å². The van der Waals surface area contributed by atoms with Crippen molar-refractivity contribution in [2.24, 2.45) is 0 Å². The molecule has 0 aliphatic heterocycles. The van der Waals surface area contributed by atoms with E-state index in [2.05, 4.69) is 5.92 Å². The maximum absolute atomic E-state index is 13.2. The molecule has 1 atom stereocenters. The predicted octanol–water partition coefficient (Wildman–Crippen LogP) is 3.87. The lowest BCUT2D eigenvalue weighted by molar-refractivity contribution is -0.240. The summed E-state index contributed by atoms with van der Waals surface area (Å²) in [5.41, 5.74) is 1.46. The number of aliphatic hydroxyl groups is 1. The number of rotatable bonds is 3. The second-order valence-electron chi connectivity index (χ2n) is 4.35. The van der Waals surface area contributed by atoms with E-state index >= 15 is 0 Å². The summed E-state index contributed by atoms with van der Waals surface area (Å²) in [6, 6.07) is 3.54. The Morgan fingerprint density at radius 3 is 2.55 bits per heavy atom. The number of nitrogens with two attached hydrogens (primary N) is 1. The van der Waals surface area contributed by atoms with Gasteiger partial charge in [-0.2, -0.15) is 13.2 Å². The van der Waals surface area contributed by atoms with Crippen LogP contribution in [0.5, 0.6) is 0 Å². The SMILES string of the molecule is CCCCC#C[C@@](O)(c1cc(Cl)ccc1N)C(F)(F)F. The molecular formula is C14H15ClF3NO. The first-order chi connectivity index (χ1) is 9.22. The van der Waals surface area contributed by atoms with Crippen LogP contribution in [-0.4, -0.2) is 11.3 Å². The normalized spacial score (nSPS) is 14.3. The van der Waals surface area contributed by atoms with Crippen molar-refractivity contribution < 1.29 is 18.3 Å². The topological polar surface area (TPSA) is 46.2 Å². The molecule has 3 N–H and O–H groups in total. The third-order valence-corrected chi connectivity index (χ3v) is 2.98. The van der Waals surface area contributed by atoms with E-state index in [0.29, 0.717) is 6.42 Å². The van der Waals surface area contributed by atoms with Crippen LogP contribution in [0.15, 0.2) is 18.2 Å². The molecule has 2 nitrogen and oxygen atoms in total. The molecule has 0 amide bonds. The molecule has 0 fully saturated rings. The Morgan fingerprint density at radius 1 is 1.35 bits per heavy atom. The van der Waals surface area contributed by atoms with Crippen molar-refractivity contribution >= 4 is 17.3 Å². The number of hydrogen-bond acceptors (Lipinski definition) is 2. The van der Waals surface area contributed by atoms with Gasteiger partial charge in [-0.25, -0.2) is 0 Å². The summed E-state index contributed by atoms with van der Waals surface area (Å²) in [6.07, 6.45) is -3.23. The average molecular weight is 306 g/mol. The lowest BCUT2D eigenvalue weighted by Crippen LogP contribution is -2.41. The maximum atomic E-state index is 13.2. The third-order valence-electron chi connectivity index (χ3n) is 2.74. The number of anilines is 1. The van der Waals surface area contributed by atoms with Gasteiger partial charge in [-0.3, -0.25) is 0 Å². The first-order valence-electron chi connectivity index (χ1n) is 6.07. The molecule has 6 heteroatoms. The Morgan fingerprint density at radius 2 is 2.00 bits per heavy atom. The molecule has 0 radical (unpaired) electrons. The van der Waals surface area contributed by atoms with E-state index in [9.17, 15) is 18.3 Å². The maximum Gasteiger partial charge on any atom is 0.433 e. The van der Waals surface area contributed by atoms with Crippen LogP contribution in [0.3, 0.4) is 0 Å². The van der Waals surface area contributed by atoms with Gasteiger partial charge in [0.1, 0.15) is 0 Å². The Bertz CT molecular complexity index is 533. The Balaban J connectivity index is 3.30. The van der Waals surface area contributed by atoms with Crippen LogP contribution in [0.25, 0.3) is 0 Å². The van der Waals surface area contributed by atoms with Gasteiger partial charge in [0.15, 0.2) is 0 Å². The highest BCUT2D eigenvalue weighted by atomic mass is 35.5. The van der Waals surface area contributed by atoms with Gasteiger partial charge in [0.05, 0.1) is 0 Å². The van der Waals surface area contributed by atoms with E-state index < -0.39 is 17.3 Å². The van der Waals surface area contributed by atoms with Gasteiger partial charge in [0.2, 0.25) is 5.60 Å². The lowest BCUT2D eigenvalue weighted by atomic mass is 9.92. The molecule has 0 saturated carbocycles. The Hall–Kier alpha value is -1.38. The van der Waals surface area contributed by atoms with Crippen molar-refractivity contribution in [3.8, 4) is 11.8 Å². The standard InChI is InChI=1S/C14H15ClF3NO/c1-2-3-4-5-8-13(20,14(16,17)18)11-9-10(15)6-7-12(11)19/h6-7,9,20H,2-4,19H2,1H3/t13-/m1/s1. The summed E-state index contributed by atoms with van der Waals surface area (Å²) in [6.45, 7) is 1.90. The molecule has 0 aliphatic carbocycles. The van der Waals surface area contributed by atoms with E-state index in [1.54, 1.807) is 0 Å². The van der Waals surface area contributed by atoms with Crippen molar-refractivity contribution in [1.82, 2.24) is 0 Å².